The van der Waals surface area contributed by atoms with Crippen LogP contribution in [0.25, 0.3) is 0 Å². The average Bonchev–Trinajstić information content (AvgIpc) is 2.89. The van der Waals surface area contributed by atoms with E-state index in [1.807, 2.05) is 57.2 Å². The van der Waals surface area contributed by atoms with E-state index in [1.165, 1.54) is 24.1 Å². The minimum atomic E-state index is -4.06. The highest BCUT2D eigenvalue weighted by Gasteiger charge is 2.33. The van der Waals surface area contributed by atoms with Crippen LogP contribution in [0.5, 0.6) is 0 Å². The summed E-state index contributed by atoms with van der Waals surface area (Å²) in [4.78, 5) is 28.1. The maximum Gasteiger partial charge on any atom is 0.264 e. The Labute approximate surface area is 213 Å². The molecule has 0 bridgehead atoms. The average molecular weight is 508 g/mol. The van der Waals surface area contributed by atoms with Gasteiger partial charge < -0.3 is 10.2 Å². The number of benzene rings is 3. The molecule has 0 aliphatic carbocycles. The minimum absolute atomic E-state index is 0.0870. The zero-order valence-electron chi connectivity index (χ0n) is 21.1. The van der Waals surface area contributed by atoms with Crippen LogP contribution in [0.1, 0.15) is 30.0 Å². The first kappa shape index (κ1) is 26.9. The zero-order chi connectivity index (χ0) is 26.3. The van der Waals surface area contributed by atoms with Crippen molar-refractivity contribution in [3.8, 4) is 0 Å². The molecule has 36 heavy (non-hydrogen) atoms. The van der Waals surface area contributed by atoms with E-state index in [0.29, 0.717) is 12.1 Å². The van der Waals surface area contributed by atoms with E-state index in [-0.39, 0.29) is 17.3 Å². The number of hydrogen-bond acceptors (Lipinski definition) is 4. The van der Waals surface area contributed by atoms with Crippen LogP contribution < -0.4 is 9.62 Å². The van der Waals surface area contributed by atoms with E-state index >= 15 is 0 Å². The second-order valence-electron chi connectivity index (χ2n) is 8.64. The molecule has 0 aromatic heterocycles. The van der Waals surface area contributed by atoms with E-state index in [0.717, 1.165) is 21.0 Å². The van der Waals surface area contributed by atoms with Crippen LogP contribution in [-0.2, 0) is 26.2 Å². The van der Waals surface area contributed by atoms with Crippen molar-refractivity contribution in [1.82, 2.24) is 10.2 Å². The predicted molar refractivity (Wildman–Crippen MR) is 142 cm³/mol. The first-order valence-corrected chi connectivity index (χ1v) is 13.3. The van der Waals surface area contributed by atoms with Crippen LogP contribution in [0.2, 0.25) is 0 Å². The van der Waals surface area contributed by atoms with Crippen LogP contribution in [0, 0.1) is 13.8 Å². The molecule has 0 aliphatic heterocycles. The molecular weight excluding hydrogens is 474 g/mol. The van der Waals surface area contributed by atoms with Crippen molar-refractivity contribution in [2.45, 2.75) is 44.7 Å². The highest BCUT2D eigenvalue weighted by atomic mass is 32.2. The van der Waals surface area contributed by atoms with Crippen molar-refractivity contribution in [2.75, 3.05) is 17.9 Å². The summed E-state index contributed by atoms with van der Waals surface area (Å²) in [5, 5.41) is 2.63. The molecule has 0 fully saturated rings. The Morgan fingerprint density at radius 3 is 2.06 bits per heavy atom. The van der Waals surface area contributed by atoms with E-state index in [9.17, 15) is 18.0 Å². The SMILES string of the molecule is CCC(C(=O)NC)N(Cc1ccccc1)C(=O)CN(c1ccc(C)c(C)c1)S(=O)(=O)c1ccccc1. The molecule has 0 spiro atoms. The molecule has 0 saturated heterocycles. The summed E-state index contributed by atoms with van der Waals surface area (Å²) in [6.45, 7) is 5.40. The Hall–Kier alpha value is -3.65. The maximum atomic E-state index is 13.8. The molecule has 1 atom stereocenters. The molecule has 0 saturated carbocycles. The summed E-state index contributed by atoms with van der Waals surface area (Å²) < 4.78 is 28.6. The largest absolute Gasteiger partial charge is 0.357 e. The van der Waals surface area contributed by atoms with Gasteiger partial charge in [0.2, 0.25) is 11.8 Å². The minimum Gasteiger partial charge on any atom is -0.357 e. The quantitative estimate of drug-likeness (QED) is 0.449. The lowest BCUT2D eigenvalue weighted by molar-refractivity contribution is -0.140. The summed E-state index contributed by atoms with van der Waals surface area (Å²) in [5.41, 5.74) is 3.16. The van der Waals surface area contributed by atoms with Gasteiger partial charge in [0.05, 0.1) is 10.6 Å². The van der Waals surface area contributed by atoms with Gasteiger partial charge in [-0.25, -0.2) is 8.42 Å². The number of nitrogens with zero attached hydrogens (tertiary/aromatic N) is 2. The summed E-state index contributed by atoms with van der Waals surface area (Å²) in [6.07, 6.45) is 0.382. The summed E-state index contributed by atoms with van der Waals surface area (Å²) in [6, 6.07) is 21.9. The van der Waals surface area contributed by atoms with Crippen molar-refractivity contribution < 1.29 is 18.0 Å². The summed E-state index contributed by atoms with van der Waals surface area (Å²) >= 11 is 0. The highest BCUT2D eigenvalue weighted by Crippen LogP contribution is 2.26. The molecule has 3 aromatic carbocycles. The standard InChI is InChI=1S/C28H33N3O4S/c1-5-26(28(33)29-4)30(19-23-12-8-6-9-13-23)27(32)20-31(24-17-16-21(2)22(3)18-24)36(34,35)25-14-10-7-11-15-25/h6-18,26H,5,19-20H2,1-4H3,(H,29,33). The van der Waals surface area contributed by atoms with Gasteiger partial charge in [-0.15, -0.1) is 0 Å². The Bertz CT molecular complexity index is 1290. The van der Waals surface area contributed by atoms with Gasteiger partial charge in [0.15, 0.2) is 0 Å². The van der Waals surface area contributed by atoms with Crippen LogP contribution in [0.4, 0.5) is 5.69 Å². The zero-order valence-corrected chi connectivity index (χ0v) is 22.0. The van der Waals surface area contributed by atoms with Gasteiger partial charge in [-0.2, -0.15) is 0 Å². The fourth-order valence-corrected chi connectivity index (χ4v) is 5.42. The molecule has 3 rings (SSSR count). The highest BCUT2D eigenvalue weighted by molar-refractivity contribution is 7.92. The van der Waals surface area contributed by atoms with Crippen LogP contribution in [-0.4, -0.2) is 44.8 Å². The number of amides is 2. The normalized spacial score (nSPS) is 12.0. The lowest BCUT2D eigenvalue weighted by Crippen LogP contribution is -2.51. The molecule has 8 heteroatoms. The first-order valence-electron chi connectivity index (χ1n) is 11.9. The Balaban J connectivity index is 2.06. The maximum absolute atomic E-state index is 13.8. The first-order chi connectivity index (χ1) is 17.2. The van der Waals surface area contributed by atoms with Gasteiger partial charge in [-0.3, -0.25) is 13.9 Å². The molecular formula is C28H33N3O4S. The molecule has 0 aliphatic rings. The van der Waals surface area contributed by atoms with Gasteiger partial charge in [0.25, 0.3) is 10.0 Å². The van der Waals surface area contributed by atoms with Crippen molar-refractivity contribution >= 4 is 27.5 Å². The molecule has 1 N–H and O–H groups in total. The van der Waals surface area contributed by atoms with Crippen molar-refractivity contribution in [2.24, 2.45) is 0 Å². The monoisotopic (exact) mass is 507 g/mol. The molecule has 7 nitrogen and oxygen atoms in total. The summed E-state index contributed by atoms with van der Waals surface area (Å²) in [5.74, 6) is -0.766. The molecule has 190 valence electrons. The summed E-state index contributed by atoms with van der Waals surface area (Å²) in [7, 11) is -2.53. The number of carbonyl (C=O) groups is 2. The lowest BCUT2D eigenvalue weighted by atomic mass is 10.1. The smallest absolute Gasteiger partial charge is 0.264 e. The molecule has 0 radical (unpaired) electrons. The van der Waals surface area contributed by atoms with E-state index in [4.69, 9.17) is 0 Å². The second-order valence-corrected chi connectivity index (χ2v) is 10.5. The van der Waals surface area contributed by atoms with E-state index < -0.39 is 28.5 Å². The number of nitrogens with one attached hydrogen (secondary N) is 1. The van der Waals surface area contributed by atoms with Crippen LogP contribution in [0.3, 0.4) is 0 Å². The van der Waals surface area contributed by atoms with E-state index in [1.54, 1.807) is 30.3 Å². The number of anilines is 1. The third kappa shape index (κ3) is 6.12. The molecule has 2 amide bonds. The molecule has 1 unspecified atom stereocenters. The third-order valence-corrected chi connectivity index (χ3v) is 8.00. The number of likely N-dealkylation sites (N-methyl/N-ethyl adjacent to an activating group) is 1. The number of hydrogen-bond donors (Lipinski definition) is 1. The number of sulfonamides is 1. The number of rotatable bonds is 10. The van der Waals surface area contributed by atoms with Gasteiger partial charge >= 0.3 is 0 Å². The predicted octanol–water partition coefficient (Wildman–Crippen LogP) is 4.05. The van der Waals surface area contributed by atoms with E-state index in [2.05, 4.69) is 5.32 Å². The van der Waals surface area contributed by atoms with Crippen LogP contribution in [0.15, 0.2) is 83.8 Å². The number of aryl methyl sites for hydroxylation is 2. The Morgan fingerprint density at radius 1 is 0.889 bits per heavy atom. The van der Waals surface area contributed by atoms with Gasteiger partial charge in [0.1, 0.15) is 12.6 Å². The van der Waals surface area contributed by atoms with Crippen molar-refractivity contribution in [3.63, 3.8) is 0 Å². The topological polar surface area (TPSA) is 86.8 Å². The van der Waals surface area contributed by atoms with Gasteiger partial charge in [-0.1, -0.05) is 61.5 Å². The van der Waals surface area contributed by atoms with Gasteiger partial charge in [-0.05, 0) is 61.2 Å². The van der Waals surface area contributed by atoms with Gasteiger partial charge in [0, 0.05) is 13.6 Å². The molecule has 0 heterocycles. The number of carbonyl (C=O) groups excluding carboxylic acids is 2. The second kappa shape index (κ2) is 11.9. The third-order valence-electron chi connectivity index (χ3n) is 6.22. The van der Waals surface area contributed by atoms with Crippen molar-refractivity contribution in [3.05, 3.63) is 95.6 Å². The Morgan fingerprint density at radius 2 is 1.50 bits per heavy atom. The molecule has 3 aromatic rings. The fourth-order valence-electron chi connectivity index (χ4n) is 4.00. The van der Waals surface area contributed by atoms with Crippen LogP contribution >= 0.6 is 0 Å². The Kier molecular flexibility index (Phi) is 8.88. The van der Waals surface area contributed by atoms with Crippen molar-refractivity contribution in [1.29, 1.82) is 0 Å². The fraction of sp³-hybridized carbons (Fsp3) is 0.286. The lowest BCUT2D eigenvalue weighted by Gasteiger charge is -2.33.